The maximum atomic E-state index is 6.24. The number of aromatic nitrogens is 2. The molecular weight excluding hydrogens is 298 g/mol. The summed E-state index contributed by atoms with van der Waals surface area (Å²) in [5.74, 6) is 0. The summed E-state index contributed by atoms with van der Waals surface area (Å²) < 4.78 is 0.960. The van der Waals surface area contributed by atoms with E-state index in [-0.39, 0.29) is 11.3 Å². The van der Waals surface area contributed by atoms with E-state index in [0.717, 1.165) is 20.8 Å². The Labute approximate surface area is 126 Å². The van der Waals surface area contributed by atoms with Gasteiger partial charge in [-0.25, -0.2) is 0 Å². The van der Waals surface area contributed by atoms with Crippen molar-refractivity contribution in [3.05, 3.63) is 39.9 Å². The topological polar surface area (TPSA) is 51.8 Å². The second-order valence-corrected chi connectivity index (χ2v) is 7.26. The first-order valence-electron chi connectivity index (χ1n) is 6.08. The summed E-state index contributed by atoms with van der Waals surface area (Å²) >= 11 is 9.21. The van der Waals surface area contributed by atoms with Crippen LogP contribution in [0.2, 0.25) is 5.02 Å². The number of nitrogens with two attached hydrogens (primary N) is 1. The maximum absolute atomic E-state index is 6.24. The van der Waals surface area contributed by atoms with Crippen LogP contribution in [0.1, 0.15) is 29.2 Å². The molecule has 0 bridgehead atoms. The van der Waals surface area contributed by atoms with Gasteiger partial charge in [0.05, 0.1) is 5.25 Å². The molecule has 1 aromatic carbocycles. The van der Waals surface area contributed by atoms with Gasteiger partial charge in [0.15, 0.2) is 4.34 Å². The van der Waals surface area contributed by atoms with Crippen LogP contribution in [-0.4, -0.2) is 16.2 Å². The van der Waals surface area contributed by atoms with E-state index >= 15 is 0 Å². The van der Waals surface area contributed by atoms with Crippen molar-refractivity contribution in [1.29, 1.82) is 0 Å². The molecule has 0 aliphatic carbocycles. The molecule has 2 atom stereocenters. The van der Waals surface area contributed by atoms with Crippen molar-refractivity contribution in [3.63, 3.8) is 0 Å². The lowest BCUT2D eigenvalue weighted by molar-refractivity contribution is 0.634. The second kappa shape index (κ2) is 6.70. The van der Waals surface area contributed by atoms with Crippen molar-refractivity contribution in [2.24, 2.45) is 5.73 Å². The van der Waals surface area contributed by atoms with Crippen molar-refractivity contribution in [2.75, 3.05) is 0 Å². The van der Waals surface area contributed by atoms with Gasteiger partial charge in [0.1, 0.15) is 5.01 Å². The number of aryl methyl sites for hydroxylation is 1. The molecule has 0 amide bonds. The Hall–Kier alpha value is -0.620. The van der Waals surface area contributed by atoms with Crippen molar-refractivity contribution >= 4 is 34.7 Å². The molecule has 0 aliphatic rings. The highest BCUT2D eigenvalue weighted by molar-refractivity contribution is 8.01. The number of nitrogens with zero attached hydrogens (tertiary/aromatic N) is 2. The minimum Gasteiger partial charge on any atom is -0.326 e. The van der Waals surface area contributed by atoms with Gasteiger partial charge in [-0.3, -0.25) is 0 Å². The van der Waals surface area contributed by atoms with E-state index in [1.165, 1.54) is 5.56 Å². The number of benzene rings is 1. The van der Waals surface area contributed by atoms with Crippen LogP contribution in [0.4, 0.5) is 0 Å². The summed E-state index contributed by atoms with van der Waals surface area (Å²) in [6.45, 7) is 4.05. The predicted octanol–water partition coefficient (Wildman–Crippen LogP) is 4.07. The Morgan fingerprint density at radius 2 is 2.00 bits per heavy atom. The molecule has 0 saturated carbocycles. The molecule has 2 N–H and O–H groups in total. The van der Waals surface area contributed by atoms with Crippen molar-refractivity contribution in [1.82, 2.24) is 10.2 Å². The van der Waals surface area contributed by atoms with Gasteiger partial charge in [-0.2, -0.15) is 0 Å². The SMILES string of the molecule is CCC(N)C(Sc1nnc(C)s1)c1ccc(Cl)cc1. The third kappa shape index (κ3) is 3.92. The minimum absolute atomic E-state index is 0.0791. The Morgan fingerprint density at radius 3 is 2.53 bits per heavy atom. The smallest absolute Gasteiger partial charge is 0.174 e. The quantitative estimate of drug-likeness (QED) is 0.845. The summed E-state index contributed by atoms with van der Waals surface area (Å²) in [4.78, 5) is 0. The lowest BCUT2D eigenvalue weighted by Gasteiger charge is -2.21. The summed E-state index contributed by atoms with van der Waals surface area (Å²) in [6, 6.07) is 7.94. The molecular formula is C13H16ClN3S2. The van der Waals surface area contributed by atoms with Crippen LogP contribution >= 0.6 is 34.7 Å². The van der Waals surface area contributed by atoms with Crippen LogP contribution in [0, 0.1) is 6.92 Å². The van der Waals surface area contributed by atoms with E-state index in [4.69, 9.17) is 17.3 Å². The molecule has 102 valence electrons. The van der Waals surface area contributed by atoms with E-state index in [1.54, 1.807) is 23.1 Å². The highest BCUT2D eigenvalue weighted by atomic mass is 35.5. The standard InChI is InChI=1S/C13H16ClN3S2/c1-3-11(15)12(9-4-6-10(14)7-5-9)19-13-17-16-8(2)18-13/h4-7,11-12H,3,15H2,1-2H3. The Balaban J connectivity index is 2.23. The molecule has 0 aliphatic heterocycles. The number of halogens is 1. The predicted molar refractivity (Wildman–Crippen MR) is 83.0 cm³/mol. The zero-order valence-corrected chi connectivity index (χ0v) is 13.2. The molecule has 2 aromatic rings. The van der Waals surface area contributed by atoms with E-state index in [2.05, 4.69) is 17.1 Å². The van der Waals surface area contributed by atoms with Gasteiger partial charge in [0, 0.05) is 11.1 Å². The molecule has 1 aromatic heterocycles. The fourth-order valence-electron chi connectivity index (χ4n) is 1.70. The fraction of sp³-hybridized carbons (Fsp3) is 0.385. The van der Waals surface area contributed by atoms with E-state index in [9.17, 15) is 0 Å². The molecule has 0 saturated heterocycles. The van der Waals surface area contributed by atoms with Crippen LogP contribution in [-0.2, 0) is 0 Å². The molecule has 0 radical (unpaired) electrons. The van der Waals surface area contributed by atoms with Crippen LogP contribution < -0.4 is 5.73 Å². The largest absolute Gasteiger partial charge is 0.326 e. The molecule has 1 heterocycles. The van der Waals surface area contributed by atoms with Crippen LogP contribution in [0.15, 0.2) is 28.6 Å². The third-order valence-corrected chi connectivity index (χ3v) is 5.38. The van der Waals surface area contributed by atoms with Crippen LogP contribution in [0.3, 0.4) is 0 Å². The number of thioether (sulfide) groups is 1. The van der Waals surface area contributed by atoms with E-state index in [1.807, 2.05) is 31.2 Å². The fourth-order valence-corrected chi connectivity index (χ4v) is 4.08. The summed E-state index contributed by atoms with van der Waals surface area (Å²) in [5, 5.41) is 10.1. The van der Waals surface area contributed by atoms with Gasteiger partial charge in [-0.15, -0.1) is 10.2 Å². The third-order valence-electron chi connectivity index (χ3n) is 2.79. The average molecular weight is 314 g/mol. The van der Waals surface area contributed by atoms with Crippen molar-refractivity contribution in [2.45, 2.75) is 35.9 Å². The Kier molecular flexibility index (Phi) is 5.21. The highest BCUT2D eigenvalue weighted by Crippen LogP contribution is 2.39. The number of hydrogen-bond acceptors (Lipinski definition) is 5. The zero-order chi connectivity index (χ0) is 13.8. The van der Waals surface area contributed by atoms with Gasteiger partial charge in [-0.1, -0.05) is 53.8 Å². The van der Waals surface area contributed by atoms with Crippen molar-refractivity contribution < 1.29 is 0 Å². The lowest BCUT2D eigenvalue weighted by Crippen LogP contribution is -2.25. The summed E-state index contributed by atoms with van der Waals surface area (Å²) in [5.41, 5.74) is 7.42. The minimum atomic E-state index is 0.0791. The number of hydrogen-bond donors (Lipinski definition) is 1. The number of rotatable bonds is 5. The van der Waals surface area contributed by atoms with Gasteiger partial charge < -0.3 is 5.73 Å². The summed E-state index contributed by atoms with van der Waals surface area (Å²) in [6.07, 6.45) is 0.915. The lowest BCUT2D eigenvalue weighted by atomic mass is 10.0. The Bertz CT molecular complexity index is 527. The van der Waals surface area contributed by atoms with Gasteiger partial charge >= 0.3 is 0 Å². The zero-order valence-electron chi connectivity index (χ0n) is 10.8. The van der Waals surface area contributed by atoms with E-state index < -0.39 is 0 Å². The molecule has 0 spiro atoms. The molecule has 2 rings (SSSR count). The second-order valence-electron chi connectivity index (χ2n) is 4.25. The maximum Gasteiger partial charge on any atom is 0.174 e. The first-order valence-corrected chi connectivity index (χ1v) is 8.15. The van der Waals surface area contributed by atoms with Crippen molar-refractivity contribution in [3.8, 4) is 0 Å². The molecule has 0 fully saturated rings. The molecule has 3 nitrogen and oxygen atoms in total. The highest BCUT2D eigenvalue weighted by Gasteiger charge is 2.21. The average Bonchev–Trinajstić information content (AvgIpc) is 2.82. The molecule has 6 heteroatoms. The van der Waals surface area contributed by atoms with Gasteiger partial charge in [-0.05, 0) is 31.0 Å². The monoisotopic (exact) mass is 313 g/mol. The Morgan fingerprint density at radius 1 is 1.32 bits per heavy atom. The normalized spacial score (nSPS) is 14.3. The van der Waals surface area contributed by atoms with Gasteiger partial charge in [0.25, 0.3) is 0 Å². The van der Waals surface area contributed by atoms with Crippen LogP contribution in [0.5, 0.6) is 0 Å². The first-order chi connectivity index (χ1) is 9.10. The summed E-state index contributed by atoms with van der Waals surface area (Å²) in [7, 11) is 0. The molecule has 2 unspecified atom stereocenters. The van der Waals surface area contributed by atoms with E-state index in [0.29, 0.717) is 0 Å². The van der Waals surface area contributed by atoms with Crippen LogP contribution in [0.25, 0.3) is 0 Å². The first kappa shape index (κ1) is 14.8. The van der Waals surface area contributed by atoms with Gasteiger partial charge in [0.2, 0.25) is 0 Å². The molecule has 19 heavy (non-hydrogen) atoms.